The van der Waals surface area contributed by atoms with Crippen molar-refractivity contribution in [3.63, 3.8) is 0 Å². The minimum absolute atomic E-state index is 0.0263. The van der Waals surface area contributed by atoms with Crippen molar-refractivity contribution in [1.82, 2.24) is 5.32 Å². The highest BCUT2D eigenvalue weighted by atomic mass is 16.4. The molecule has 0 aromatic heterocycles. The molecular formula is C17H29NO3. The molecule has 4 nitrogen and oxygen atoms in total. The van der Waals surface area contributed by atoms with E-state index < -0.39 is 12.0 Å². The summed E-state index contributed by atoms with van der Waals surface area (Å²) in [5, 5.41) is 12.0. The van der Waals surface area contributed by atoms with Crippen molar-refractivity contribution in [2.75, 3.05) is 0 Å². The fourth-order valence-electron chi connectivity index (χ4n) is 4.09. The first kappa shape index (κ1) is 16.3. The van der Waals surface area contributed by atoms with Crippen LogP contribution < -0.4 is 5.32 Å². The molecule has 2 rings (SSSR count). The van der Waals surface area contributed by atoms with Crippen LogP contribution in [0.25, 0.3) is 0 Å². The van der Waals surface area contributed by atoms with Crippen molar-refractivity contribution in [3.8, 4) is 0 Å². The number of nitrogens with one attached hydrogen (secondary N) is 1. The van der Waals surface area contributed by atoms with E-state index in [0.717, 1.165) is 25.2 Å². The molecule has 0 aromatic rings. The third-order valence-electron chi connectivity index (χ3n) is 5.23. The van der Waals surface area contributed by atoms with Gasteiger partial charge in [0.1, 0.15) is 6.04 Å². The number of hydrogen-bond donors (Lipinski definition) is 2. The third kappa shape index (κ3) is 4.45. The van der Waals surface area contributed by atoms with Crippen LogP contribution in [0.3, 0.4) is 0 Å². The lowest BCUT2D eigenvalue weighted by molar-refractivity contribution is -0.143. The van der Waals surface area contributed by atoms with Crippen LogP contribution in [0.5, 0.6) is 0 Å². The van der Waals surface area contributed by atoms with Crippen LogP contribution in [0.15, 0.2) is 0 Å². The Balaban J connectivity index is 1.88. The molecule has 4 atom stereocenters. The average Bonchev–Trinajstić information content (AvgIpc) is 2.45. The largest absolute Gasteiger partial charge is 0.480 e. The molecular weight excluding hydrogens is 266 g/mol. The van der Waals surface area contributed by atoms with Crippen LogP contribution in [0.4, 0.5) is 0 Å². The highest BCUT2D eigenvalue weighted by Gasteiger charge is 2.36. The van der Waals surface area contributed by atoms with Gasteiger partial charge in [-0.25, -0.2) is 4.79 Å². The second-order valence-corrected chi connectivity index (χ2v) is 7.34. The minimum Gasteiger partial charge on any atom is -0.480 e. The molecule has 0 heterocycles. The fraction of sp³-hybridized carbons (Fsp3) is 0.882. The summed E-state index contributed by atoms with van der Waals surface area (Å²) in [6.07, 6.45) is 8.75. The summed E-state index contributed by atoms with van der Waals surface area (Å²) >= 11 is 0. The highest BCUT2D eigenvalue weighted by molar-refractivity contribution is 5.85. The molecule has 0 radical (unpaired) electrons. The first-order chi connectivity index (χ1) is 9.97. The summed E-state index contributed by atoms with van der Waals surface area (Å²) < 4.78 is 0. The second-order valence-electron chi connectivity index (χ2n) is 7.34. The maximum Gasteiger partial charge on any atom is 0.326 e. The van der Waals surface area contributed by atoms with Gasteiger partial charge in [-0.15, -0.1) is 0 Å². The van der Waals surface area contributed by atoms with E-state index in [2.05, 4.69) is 5.32 Å². The summed E-state index contributed by atoms with van der Waals surface area (Å²) in [5.74, 6) is 0.847. The summed E-state index contributed by atoms with van der Waals surface area (Å²) in [7, 11) is 0. The standard InChI is InChI=1S/C17H29NO3/c1-11(2)9-15(17(20)21)18-16(19)14-8-7-12-5-3-4-6-13(12)10-14/h11-15H,3-10H2,1-2H3,(H,18,19)(H,20,21)/t12?,13?,14?,15-/m1/s1. The second kappa shape index (κ2) is 7.28. The Morgan fingerprint density at radius 3 is 2.38 bits per heavy atom. The van der Waals surface area contributed by atoms with Gasteiger partial charge >= 0.3 is 5.97 Å². The lowest BCUT2D eigenvalue weighted by Gasteiger charge is -2.39. The van der Waals surface area contributed by atoms with Gasteiger partial charge in [0.2, 0.25) is 5.91 Å². The highest BCUT2D eigenvalue weighted by Crippen LogP contribution is 2.42. The van der Waals surface area contributed by atoms with Crippen molar-refractivity contribution in [2.24, 2.45) is 23.7 Å². The number of carbonyl (C=O) groups is 2. The van der Waals surface area contributed by atoms with Crippen molar-refractivity contribution in [2.45, 2.75) is 71.3 Å². The number of hydrogen-bond acceptors (Lipinski definition) is 2. The van der Waals surface area contributed by atoms with Gasteiger partial charge in [0.25, 0.3) is 0 Å². The SMILES string of the molecule is CC(C)C[C@@H](NC(=O)C1CCC2CCCCC2C1)C(=O)O. The zero-order chi connectivity index (χ0) is 15.4. The van der Waals surface area contributed by atoms with E-state index in [1.54, 1.807) is 0 Å². The molecule has 0 aliphatic heterocycles. The normalized spacial score (nSPS) is 30.5. The molecule has 3 unspecified atom stereocenters. The van der Waals surface area contributed by atoms with Gasteiger partial charge in [-0.3, -0.25) is 4.79 Å². The number of aliphatic carboxylic acids is 1. The van der Waals surface area contributed by atoms with Crippen molar-refractivity contribution in [3.05, 3.63) is 0 Å². The predicted octanol–water partition coefficient (Wildman–Crippen LogP) is 3.21. The fourth-order valence-corrected chi connectivity index (χ4v) is 4.09. The van der Waals surface area contributed by atoms with E-state index >= 15 is 0 Å². The quantitative estimate of drug-likeness (QED) is 0.818. The van der Waals surface area contributed by atoms with Gasteiger partial charge in [-0.05, 0) is 43.4 Å². The van der Waals surface area contributed by atoms with E-state index in [1.807, 2.05) is 13.8 Å². The summed E-state index contributed by atoms with van der Waals surface area (Å²) in [6, 6.07) is -0.735. The van der Waals surface area contributed by atoms with E-state index in [4.69, 9.17) is 0 Å². The molecule has 2 aliphatic rings. The lowest BCUT2D eigenvalue weighted by Crippen LogP contribution is -2.46. The van der Waals surface area contributed by atoms with Gasteiger partial charge < -0.3 is 10.4 Å². The van der Waals surface area contributed by atoms with E-state index in [9.17, 15) is 14.7 Å². The topological polar surface area (TPSA) is 66.4 Å². The Morgan fingerprint density at radius 2 is 1.76 bits per heavy atom. The van der Waals surface area contributed by atoms with Gasteiger partial charge in [-0.2, -0.15) is 0 Å². The number of rotatable bonds is 5. The van der Waals surface area contributed by atoms with Crippen LogP contribution in [-0.4, -0.2) is 23.0 Å². The van der Waals surface area contributed by atoms with Gasteiger partial charge in [0, 0.05) is 5.92 Å². The molecule has 0 saturated heterocycles. The molecule has 1 amide bonds. The van der Waals surface area contributed by atoms with Crippen LogP contribution in [0, 0.1) is 23.7 Å². The van der Waals surface area contributed by atoms with Crippen LogP contribution in [0.2, 0.25) is 0 Å². The molecule has 0 bridgehead atoms. The first-order valence-corrected chi connectivity index (χ1v) is 8.50. The molecule has 0 spiro atoms. The average molecular weight is 295 g/mol. The Hall–Kier alpha value is -1.06. The molecule has 2 N–H and O–H groups in total. The lowest BCUT2D eigenvalue weighted by atomic mass is 9.67. The minimum atomic E-state index is -0.914. The summed E-state index contributed by atoms with van der Waals surface area (Å²) in [4.78, 5) is 23.7. The molecule has 120 valence electrons. The number of carbonyl (C=O) groups excluding carboxylic acids is 1. The molecule has 2 saturated carbocycles. The smallest absolute Gasteiger partial charge is 0.326 e. The zero-order valence-electron chi connectivity index (χ0n) is 13.3. The number of amides is 1. The number of fused-ring (bicyclic) bond motifs is 1. The predicted molar refractivity (Wildman–Crippen MR) is 81.8 cm³/mol. The first-order valence-electron chi connectivity index (χ1n) is 8.50. The van der Waals surface area contributed by atoms with Crippen molar-refractivity contribution < 1.29 is 14.7 Å². The van der Waals surface area contributed by atoms with Crippen LogP contribution in [-0.2, 0) is 9.59 Å². The van der Waals surface area contributed by atoms with E-state index in [-0.39, 0.29) is 17.7 Å². The maximum absolute atomic E-state index is 12.4. The van der Waals surface area contributed by atoms with E-state index in [1.165, 1.54) is 25.7 Å². The van der Waals surface area contributed by atoms with Gasteiger partial charge in [0.05, 0.1) is 0 Å². The Labute approximate surface area is 127 Å². The van der Waals surface area contributed by atoms with E-state index in [0.29, 0.717) is 12.3 Å². The molecule has 4 heteroatoms. The Kier molecular flexibility index (Phi) is 5.65. The monoisotopic (exact) mass is 295 g/mol. The number of carboxylic acid groups (broad SMARTS) is 1. The zero-order valence-corrected chi connectivity index (χ0v) is 13.3. The molecule has 0 aromatic carbocycles. The molecule has 2 aliphatic carbocycles. The van der Waals surface area contributed by atoms with Crippen LogP contribution >= 0.6 is 0 Å². The molecule has 2 fully saturated rings. The van der Waals surface area contributed by atoms with Gasteiger partial charge in [0.15, 0.2) is 0 Å². The summed E-state index contributed by atoms with van der Waals surface area (Å²) in [5.41, 5.74) is 0. The Bertz CT molecular complexity index is 380. The van der Waals surface area contributed by atoms with Gasteiger partial charge in [-0.1, -0.05) is 39.5 Å². The molecule has 21 heavy (non-hydrogen) atoms. The van der Waals surface area contributed by atoms with Crippen molar-refractivity contribution >= 4 is 11.9 Å². The number of carboxylic acids is 1. The maximum atomic E-state index is 12.4. The third-order valence-corrected chi connectivity index (χ3v) is 5.23. The van der Waals surface area contributed by atoms with Crippen molar-refractivity contribution in [1.29, 1.82) is 0 Å². The summed E-state index contributed by atoms with van der Waals surface area (Å²) in [6.45, 7) is 3.96. The Morgan fingerprint density at radius 1 is 1.10 bits per heavy atom. The van der Waals surface area contributed by atoms with Crippen LogP contribution in [0.1, 0.15) is 65.2 Å².